The molecule has 0 radical (unpaired) electrons. The minimum Gasteiger partial charge on any atom is -0.386 e. The Kier molecular flexibility index (Phi) is 3.91. The molecule has 0 unspecified atom stereocenters. The van der Waals surface area contributed by atoms with Crippen LogP contribution in [0.5, 0.6) is 0 Å². The van der Waals surface area contributed by atoms with Crippen molar-refractivity contribution in [2.75, 3.05) is 5.73 Å². The summed E-state index contributed by atoms with van der Waals surface area (Å²) in [6.45, 7) is 4.06. The van der Waals surface area contributed by atoms with Gasteiger partial charge in [-0.05, 0) is 75.1 Å². The van der Waals surface area contributed by atoms with E-state index >= 15 is 0 Å². The molecule has 1 aromatic carbocycles. The van der Waals surface area contributed by atoms with E-state index in [1.165, 1.54) is 17.5 Å². The molecule has 3 aromatic rings. The predicted octanol–water partition coefficient (Wildman–Crippen LogP) is 4.15. The van der Waals surface area contributed by atoms with Crippen molar-refractivity contribution in [1.82, 2.24) is 14.5 Å². The van der Waals surface area contributed by atoms with Crippen LogP contribution in [0, 0.1) is 11.3 Å². The Labute approximate surface area is 210 Å². The topological polar surface area (TPSA) is 114 Å². The average molecular weight is 485 g/mol. The van der Waals surface area contributed by atoms with Crippen molar-refractivity contribution < 1.29 is 9.47 Å². The first-order valence-corrected chi connectivity index (χ1v) is 13.2. The molecule has 4 fully saturated rings. The minimum atomic E-state index is -0.595. The fourth-order valence-electron chi connectivity index (χ4n) is 7.90. The number of nitrogens with two attached hydrogens (primary N) is 2. The van der Waals surface area contributed by atoms with E-state index in [2.05, 4.69) is 38.9 Å². The molecule has 5 atom stereocenters. The second-order valence-electron chi connectivity index (χ2n) is 12.1. The number of rotatable bonds is 4. The van der Waals surface area contributed by atoms with E-state index in [1.807, 2.05) is 19.9 Å². The zero-order chi connectivity index (χ0) is 24.4. The minimum absolute atomic E-state index is 0.00608. The van der Waals surface area contributed by atoms with Crippen LogP contribution in [-0.2, 0) is 21.3 Å². The molecule has 5 aliphatic rings. The number of aromatic nitrogens is 3. The number of nitrogens with zero attached hydrogens (tertiary/aromatic N) is 4. The molecule has 8 heteroatoms. The van der Waals surface area contributed by atoms with Crippen LogP contribution in [0.4, 0.5) is 11.5 Å². The lowest BCUT2D eigenvalue weighted by atomic mass is 9.64. The first kappa shape index (κ1) is 21.1. The maximum Gasteiger partial charge on any atom is 0.163 e. The maximum absolute atomic E-state index is 6.59. The molecule has 4 heterocycles. The molecule has 0 bridgehead atoms. The fraction of sp³-hybridized carbons (Fsp3) is 0.536. The van der Waals surface area contributed by atoms with Crippen molar-refractivity contribution in [2.24, 2.45) is 22.1 Å². The molecule has 2 aromatic heterocycles. The molecule has 4 N–H and O–H groups in total. The van der Waals surface area contributed by atoms with Gasteiger partial charge in [0.2, 0.25) is 0 Å². The van der Waals surface area contributed by atoms with E-state index in [0.717, 1.165) is 54.7 Å². The number of hydrogen-bond acceptors (Lipinski definition) is 7. The Morgan fingerprint density at radius 3 is 2.78 bits per heavy atom. The second-order valence-corrected chi connectivity index (χ2v) is 12.1. The van der Waals surface area contributed by atoms with Gasteiger partial charge in [0.1, 0.15) is 29.7 Å². The van der Waals surface area contributed by atoms with Gasteiger partial charge in [0.05, 0.1) is 28.6 Å². The Morgan fingerprint density at radius 2 is 1.97 bits per heavy atom. The first-order valence-electron chi connectivity index (χ1n) is 13.2. The number of aryl methyl sites for hydroxylation is 1. The fourth-order valence-corrected chi connectivity index (χ4v) is 7.90. The molecular formula is C28H32N6O2. The van der Waals surface area contributed by atoms with Gasteiger partial charge >= 0.3 is 0 Å². The van der Waals surface area contributed by atoms with E-state index < -0.39 is 5.79 Å². The van der Waals surface area contributed by atoms with E-state index in [9.17, 15) is 0 Å². The SMILES string of the molecule is CC1(C)O[C@H]2[C@H](n3ccc4c(N)ncnc43)[C@H]3C[C@]3(CCc3ccc4c(c3)N=C(N)C43CCC3)[C@H]2O1. The highest BCUT2D eigenvalue weighted by atomic mass is 16.8. The number of benzene rings is 1. The van der Waals surface area contributed by atoms with Crippen molar-refractivity contribution >= 4 is 28.4 Å². The lowest BCUT2D eigenvalue weighted by Gasteiger charge is -2.38. The lowest BCUT2D eigenvalue weighted by molar-refractivity contribution is -0.161. The monoisotopic (exact) mass is 484 g/mol. The molecule has 3 saturated carbocycles. The van der Waals surface area contributed by atoms with Crippen LogP contribution in [0.2, 0.25) is 0 Å². The third-order valence-corrected chi connectivity index (χ3v) is 9.88. The van der Waals surface area contributed by atoms with Gasteiger partial charge in [-0.3, -0.25) is 0 Å². The quantitative estimate of drug-likeness (QED) is 0.575. The molecule has 0 amide bonds. The average Bonchev–Trinajstić information content (AvgIpc) is 3.06. The van der Waals surface area contributed by atoms with Gasteiger partial charge in [0.15, 0.2) is 5.79 Å². The van der Waals surface area contributed by atoms with Gasteiger partial charge in [0.25, 0.3) is 0 Å². The number of fused-ring (bicyclic) bond motifs is 6. The number of aliphatic imine (C=N–C) groups is 1. The summed E-state index contributed by atoms with van der Waals surface area (Å²) in [6, 6.07) is 9.03. The van der Waals surface area contributed by atoms with Crippen molar-refractivity contribution in [3.63, 3.8) is 0 Å². The Bertz CT molecular complexity index is 1460. The van der Waals surface area contributed by atoms with Crippen LogP contribution < -0.4 is 11.5 Å². The molecule has 3 aliphatic carbocycles. The summed E-state index contributed by atoms with van der Waals surface area (Å²) in [5, 5.41) is 0.896. The molecular weight excluding hydrogens is 452 g/mol. The van der Waals surface area contributed by atoms with Crippen LogP contribution in [0.3, 0.4) is 0 Å². The first-order chi connectivity index (χ1) is 17.3. The highest BCUT2D eigenvalue weighted by Crippen LogP contribution is 2.73. The van der Waals surface area contributed by atoms with E-state index in [-0.39, 0.29) is 29.1 Å². The Morgan fingerprint density at radius 1 is 1.11 bits per heavy atom. The van der Waals surface area contributed by atoms with E-state index in [0.29, 0.717) is 11.7 Å². The molecule has 1 saturated heterocycles. The summed E-state index contributed by atoms with van der Waals surface area (Å²) in [5.74, 6) is 1.21. The third kappa shape index (κ3) is 2.59. The number of ether oxygens (including phenoxy) is 2. The standard InChI is InChI=1S/C28H32N6O2/c1-26(2)35-21-20(34-11-7-16-23(29)31-14-32-24(16)34)18-13-28(18,22(21)36-26)10-6-15-4-5-17-19(12-15)33-25(30)27(17)8-3-9-27/h4-5,7,11-12,14,18,20-22H,3,6,8-10,13H2,1-2H3,(H2,30,33)(H2,29,31,32)/t18-,20-,21+,22+,28+/m1/s1. The van der Waals surface area contributed by atoms with Gasteiger partial charge in [-0.25, -0.2) is 15.0 Å². The highest BCUT2D eigenvalue weighted by molar-refractivity contribution is 6.00. The molecule has 8 nitrogen and oxygen atoms in total. The van der Waals surface area contributed by atoms with Crippen LogP contribution in [-0.4, -0.2) is 38.4 Å². The molecule has 186 valence electrons. The maximum atomic E-state index is 6.59. The second kappa shape index (κ2) is 6.66. The summed E-state index contributed by atoms with van der Waals surface area (Å²) in [4.78, 5) is 13.5. The third-order valence-electron chi connectivity index (χ3n) is 9.88. The zero-order valence-electron chi connectivity index (χ0n) is 20.8. The number of amidine groups is 1. The molecule has 2 aliphatic heterocycles. The van der Waals surface area contributed by atoms with Crippen LogP contribution in [0.25, 0.3) is 11.0 Å². The van der Waals surface area contributed by atoms with Crippen LogP contribution >= 0.6 is 0 Å². The Hall–Kier alpha value is -2.97. The smallest absolute Gasteiger partial charge is 0.163 e. The van der Waals surface area contributed by atoms with Crippen molar-refractivity contribution in [2.45, 2.75) is 81.8 Å². The zero-order valence-corrected chi connectivity index (χ0v) is 20.8. The summed E-state index contributed by atoms with van der Waals surface area (Å²) >= 11 is 0. The van der Waals surface area contributed by atoms with Gasteiger partial charge < -0.3 is 25.5 Å². The van der Waals surface area contributed by atoms with Crippen molar-refractivity contribution in [1.29, 1.82) is 0 Å². The number of anilines is 1. The van der Waals surface area contributed by atoms with Gasteiger partial charge in [-0.1, -0.05) is 18.6 Å². The summed E-state index contributed by atoms with van der Waals surface area (Å²) < 4.78 is 15.4. The largest absolute Gasteiger partial charge is 0.386 e. The van der Waals surface area contributed by atoms with E-state index in [1.54, 1.807) is 6.33 Å². The van der Waals surface area contributed by atoms with Crippen LogP contribution in [0.1, 0.15) is 63.1 Å². The molecule has 8 rings (SSSR count). The summed E-state index contributed by atoms with van der Waals surface area (Å²) in [6.07, 6.45) is 10.4. The molecule has 36 heavy (non-hydrogen) atoms. The summed E-state index contributed by atoms with van der Waals surface area (Å²) in [7, 11) is 0. The predicted molar refractivity (Wildman–Crippen MR) is 137 cm³/mol. The normalized spacial score (nSPS) is 34.3. The number of hydrogen-bond donors (Lipinski definition) is 2. The van der Waals surface area contributed by atoms with Crippen molar-refractivity contribution in [3.05, 3.63) is 47.9 Å². The number of nitrogen functional groups attached to an aromatic ring is 1. The van der Waals surface area contributed by atoms with Gasteiger partial charge in [0, 0.05) is 11.6 Å². The van der Waals surface area contributed by atoms with Crippen LogP contribution in [0.15, 0.2) is 41.8 Å². The van der Waals surface area contributed by atoms with Gasteiger partial charge in [-0.15, -0.1) is 0 Å². The lowest BCUT2D eigenvalue weighted by Crippen LogP contribution is -2.44. The Balaban J connectivity index is 1.10. The highest BCUT2D eigenvalue weighted by Gasteiger charge is 2.75. The molecule has 1 spiro atoms. The summed E-state index contributed by atoms with van der Waals surface area (Å²) in [5.41, 5.74) is 17.2. The van der Waals surface area contributed by atoms with Gasteiger partial charge in [-0.2, -0.15) is 0 Å². The van der Waals surface area contributed by atoms with Crippen molar-refractivity contribution in [3.8, 4) is 0 Å². The van der Waals surface area contributed by atoms with E-state index in [4.69, 9.17) is 25.9 Å².